The molecule has 1 rings (SSSR count). The van der Waals surface area contributed by atoms with E-state index in [0.717, 1.165) is 6.26 Å². The quantitative estimate of drug-likeness (QED) is 0.822. The number of aromatic nitrogens is 1. The van der Waals surface area contributed by atoms with Crippen LogP contribution in [0.4, 0.5) is 5.82 Å². The number of nitrogens with one attached hydrogen (secondary N) is 1. The zero-order valence-corrected chi connectivity index (χ0v) is 9.30. The van der Waals surface area contributed by atoms with Gasteiger partial charge in [0.1, 0.15) is 16.8 Å². The van der Waals surface area contributed by atoms with Crippen LogP contribution in [0.25, 0.3) is 0 Å². The molecule has 0 aliphatic heterocycles. The molecule has 0 atom stereocenters. The lowest BCUT2D eigenvalue weighted by atomic mass is 10.3. The van der Waals surface area contributed by atoms with Crippen molar-refractivity contribution in [2.24, 2.45) is 0 Å². The van der Waals surface area contributed by atoms with Crippen molar-refractivity contribution >= 4 is 15.7 Å². The van der Waals surface area contributed by atoms with Crippen molar-refractivity contribution in [2.75, 3.05) is 18.1 Å². The number of anilines is 1. The Morgan fingerprint density at radius 1 is 1.60 bits per heavy atom. The number of nitriles is 1. The van der Waals surface area contributed by atoms with Crippen molar-refractivity contribution in [3.8, 4) is 6.07 Å². The summed E-state index contributed by atoms with van der Waals surface area (Å²) in [5, 5.41) is 11.5. The van der Waals surface area contributed by atoms with Crippen LogP contribution < -0.4 is 5.32 Å². The Hall–Kier alpha value is -1.61. The molecule has 0 saturated carbocycles. The molecule has 5 nitrogen and oxygen atoms in total. The molecule has 0 unspecified atom stereocenters. The second-order valence-electron chi connectivity index (χ2n) is 2.99. The lowest BCUT2D eigenvalue weighted by Gasteiger charge is -2.07. The minimum absolute atomic E-state index is 0.0587. The third-order valence-corrected chi connectivity index (χ3v) is 2.84. The molecular weight excluding hydrogens is 214 g/mol. The lowest BCUT2D eigenvalue weighted by Crippen LogP contribution is -2.08. The monoisotopic (exact) mass is 225 g/mol. The van der Waals surface area contributed by atoms with E-state index in [9.17, 15) is 8.42 Å². The highest BCUT2D eigenvalue weighted by Gasteiger charge is 2.14. The van der Waals surface area contributed by atoms with Crippen molar-refractivity contribution in [2.45, 2.75) is 11.8 Å². The van der Waals surface area contributed by atoms with Crippen LogP contribution in [-0.2, 0) is 9.84 Å². The third kappa shape index (κ3) is 2.67. The van der Waals surface area contributed by atoms with Gasteiger partial charge in [-0.05, 0) is 13.0 Å². The fraction of sp³-hybridized carbons (Fsp3) is 0.333. The third-order valence-electron chi connectivity index (χ3n) is 1.73. The van der Waals surface area contributed by atoms with Crippen LogP contribution in [0.2, 0.25) is 0 Å². The molecule has 80 valence electrons. The normalized spacial score (nSPS) is 10.7. The van der Waals surface area contributed by atoms with Crippen LogP contribution in [0.1, 0.15) is 12.5 Å². The molecule has 0 radical (unpaired) electrons. The highest BCUT2D eigenvalue weighted by molar-refractivity contribution is 7.90. The maximum atomic E-state index is 11.4. The summed E-state index contributed by atoms with van der Waals surface area (Å²) in [4.78, 5) is 3.95. The number of nitrogens with zero attached hydrogens (tertiary/aromatic N) is 2. The van der Waals surface area contributed by atoms with Crippen molar-refractivity contribution in [3.63, 3.8) is 0 Å². The van der Waals surface area contributed by atoms with Gasteiger partial charge in [-0.25, -0.2) is 13.4 Å². The van der Waals surface area contributed by atoms with Crippen molar-refractivity contribution in [1.82, 2.24) is 4.98 Å². The number of sulfone groups is 1. The summed E-state index contributed by atoms with van der Waals surface area (Å²) < 4.78 is 22.8. The van der Waals surface area contributed by atoms with E-state index in [1.807, 2.05) is 13.0 Å². The van der Waals surface area contributed by atoms with Gasteiger partial charge >= 0.3 is 0 Å². The first-order valence-corrected chi connectivity index (χ1v) is 6.22. The van der Waals surface area contributed by atoms with E-state index in [4.69, 9.17) is 5.26 Å². The number of hydrogen-bond donors (Lipinski definition) is 1. The first kappa shape index (κ1) is 11.5. The molecule has 0 aliphatic rings. The van der Waals surface area contributed by atoms with Crippen molar-refractivity contribution in [1.29, 1.82) is 5.26 Å². The van der Waals surface area contributed by atoms with E-state index in [1.54, 1.807) is 0 Å². The Labute approximate surface area is 88.7 Å². The molecule has 0 amide bonds. The minimum atomic E-state index is -3.36. The minimum Gasteiger partial charge on any atom is -0.369 e. The van der Waals surface area contributed by atoms with E-state index in [-0.39, 0.29) is 10.5 Å². The van der Waals surface area contributed by atoms with Crippen LogP contribution >= 0.6 is 0 Å². The molecule has 0 fully saturated rings. The maximum absolute atomic E-state index is 11.4. The first-order chi connectivity index (χ1) is 6.99. The lowest BCUT2D eigenvalue weighted by molar-refractivity contribution is 0.601. The standard InChI is InChI=1S/C9H11N3O2S/c1-3-11-9-8(15(2,13)14)4-7(5-10)6-12-9/h4,6H,3H2,1-2H3,(H,11,12). The van der Waals surface area contributed by atoms with Gasteiger partial charge in [0.25, 0.3) is 0 Å². The van der Waals surface area contributed by atoms with E-state index in [2.05, 4.69) is 10.3 Å². The Morgan fingerprint density at radius 2 is 2.27 bits per heavy atom. The Kier molecular flexibility index (Phi) is 3.27. The van der Waals surface area contributed by atoms with Gasteiger partial charge in [-0.2, -0.15) is 5.26 Å². The Morgan fingerprint density at radius 3 is 2.73 bits per heavy atom. The molecule has 15 heavy (non-hydrogen) atoms. The van der Waals surface area contributed by atoms with Gasteiger partial charge in [-0.3, -0.25) is 0 Å². The number of pyridine rings is 1. The van der Waals surface area contributed by atoms with Gasteiger partial charge in [0.05, 0.1) is 5.56 Å². The maximum Gasteiger partial charge on any atom is 0.179 e. The van der Waals surface area contributed by atoms with Gasteiger partial charge < -0.3 is 5.32 Å². The molecule has 0 aromatic carbocycles. The molecule has 0 spiro atoms. The summed E-state index contributed by atoms with van der Waals surface area (Å²) in [5.41, 5.74) is 0.233. The van der Waals surface area contributed by atoms with E-state index >= 15 is 0 Å². The van der Waals surface area contributed by atoms with Gasteiger partial charge in [-0.1, -0.05) is 0 Å². The van der Waals surface area contributed by atoms with Crippen LogP contribution in [0, 0.1) is 11.3 Å². The second-order valence-corrected chi connectivity index (χ2v) is 4.97. The summed E-state index contributed by atoms with van der Waals surface area (Å²) in [5.74, 6) is 0.291. The van der Waals surface area contributed by atoms with Crippen LogP contribution in [0.3, 0.4) is 0 Å². The van der Waals surface area contributed by atoms with Gasteiger partial charge in [0.15, 0.2) is 9.84 Å². The smallest absolute Gasteiger partial charge is 0.179 e. The molecule has 1 aromatic rings. The largest absolute Gasteiger partial charge is 0.369 e. The Balaban J connectivity index is 3.37. The molecular formula is C9H11N3O2S. The zero-order valence-electron chi connectivity index (χ0n) is 8.48. The second kappa shape index (κ2) is 4.28. The van der Waals surface area contributed by atoms with Crippen LogP contribution in [0.15, 0.2) is 17.2 Å². The summed E-state index contributed by atoms with van der Waals surface area (Å²) in [6.45, 7) is 2.41. The van der Waals surface area contributed by atoms with Crippen LogP contribution in [-0.4, -0.2) is 26.2 Å². The predicted octanol–water partition coefficient (Wildman–Crippen LogP) is 0.789. The van der Waals surface area contributed by atoms with Crippen molar-refractivity contribution < 1.29 is 8.42 Å². The summed E-state index contributed by atoms with van der Waals surface area (Å²) in [6.07, 6.45) is 2.43. The molecule has 6 heteroatoms. The molecule has 1 N–H and O–H groups in total. The summed E-state index contributed by atoms with van der Waals surface area (Å²) in [7, 11) is -3.36. The highest BCUT2D eigenvalue weighted by Crippen LogP contribution is 2.19. The van der Waals surface area contributed by atoms with Gasteiger partial charge in [0.2, 0.25) is 0 Å². The average Bonchev–Trinajstić information content (AvgIpc) is 2.17. The SMILES string of the molecule is CCNc1ncc(C#N)cc1S(C)(=O)=O. The van der Waals surface area contributed by atoms with Gasteiger partial charge in [0, 0.05) is 19.0 Å². The molecule has 0 bridgehead atoms. The topological polar surface area (TPSA) is 82.8 Å². The molecule has 1 aromatic heterocycles. The fourth-order valence-corrected chi connectivity index (χ4v) is 1.91. The summed E-state index contributed by atoms with van der Waals surface area (Å²) in [6, 6.07) is 3.17. The zero-order chi connectivity index (χ0) is 11.5. The highest BCUT2D eigenvalue weighted by atomic mass is 32.2. The summed E-state index contributed by atoms with van der Waals surface area (Å²) >= 11 is 0. The molecule has 0 saturated heterocycles. The first-order valence-electron chi connectivity index (χ1n) is 4.33. The van der Waals surface area contributed by atoms with E-state index in [1.165, 1.54) is 12.3 Å². The molecule has 1 heterocycles. The van der Waals surface area contributed by atoms with Gasteiger partial charge in [-0.15, -0.1) is 0 Å². The fourth-order valence-electron chi connectivity index (χ4n) is 1.09. The van der Waals surface area contributed by atoms with E-state index in [0.29, 0.717) is 12.4 Å². The van der Waals surface area contributed by atoms with Crippen molar-refractivity contribution in [3.05, 3.63) is 17.8 Å². The number of rotatable bonds is 3. The van der Waals surface area contributed by atoms with Crippen LogP contribution in [0.5, 0.6) is 0 Å². The number of hydrogen-bond acceptors (Lipinski definition) is 5. The predicted molar refractivity (Wildman–Crippen MR) is 56.2 cm³/mol. The molecule has 0 aliphatic carbocycles. The average molecular weight is 225 g/mol. The van der Waals surface area contributed by atoms with E-state index < -0.39 is 9.84 Å². The Bertz CT molecular complexity index is 503.